The Morgan fingerprint density at radius 2 is 2.10 bits per heavy atom. The van der Waals surface area contributed by atoms with E-state index < -0.39 is 32.9 Å². The molecular weight excluding hydrogens is 416 g/mol. The van der Waals surface area contributed by atoms with E-state index >= 15 is 4.39 Å². The number of carbonyl (C=O) groups is 1. The second-order valence-electron chi connectivity index (χ2n) is 6.63. The zero-order chi connectivity index (χ0) is 21.3. The van der Waals surface area contributed by atoms with Gasteiger partial charge in [0.05, 0.1) is 12.4 Å². The molecule has 0 radical (unpaired) electrons. The average molecular weight is 435 g/mol. The van der Waals surface area contributed by atoms with Crippen LogP contribution in [0.3, 0.4) is 0 Å². The van der Waals surface area contributed by atoms with Gasteiger partial charge < -0.3 is 19.5 Å². The number of imidazole rings is 1. The molecule has 1 aliphatic rings. The van der Waals surface area contributed by atoms with Crippen LogP contribution in [0.25, 0.3) is 11.2 Å². The molecule has 1 aromatic carbocycles. The van der Waals surface area contributed by atoms with Crippen LogP contribution in [-0.2, 0) is 13.8 Å². The summed E-state index contributed by atoms with van der Waals surface area (Å²) in [5.74, 6) is -0.209. The zero-order valence-electron chi connectivity index (χ0n) is 15.8. The maximum atomic E-state index is 15.0. The van der Waals surface area contributed by atoms with Crippen LogP contribution < -0.4 is 5.32 Å². The summed E-state index contributed by atoms with van der Waals surface area (Å²) in [4.78, 5) is 33.9. The van der Waals surface area contributed by atoms with Crippen LogP contribution in [0.4, 0.5) is 10.2 Å². The lowest BCUT2D eigenvalue weighted by Crippen LogP contribution is -2.29. The summed E-state index contributed by atoms with van der Waals surface area (Å²) < 4.78 is 38.1. The van der Waals surface area contributed by atoms with Gasteiger partial charge in [-0.15, -0.1) is 0 Å². The van der Waals surface area contributed by atoms with E-state index in [0.29, 0.717) is 12.0 Å². The summed E-state index contributed by atoms with van der Waals surface area (Å²) in [7, 11) is -3.34. The van der Waals surface area contributed by atoms with Gasteiger partial charge in [-0.25, -0.2) is 19.3 Å². The third-order valence-electron chi connectivity index (χ3n) is 4.81. The molecule has 10 nitrogen and oxygen atoms in total. The summed E-state index contributed by atoms with van der Waals surface area (Å²) in [6, 6.07) is 8.59. The molecule has 1 aliphatic heterocycles. The molecule has 2 aromatic heterocycles. The molecule has 1 saturated heterocycles. The maximum absolute atomic E-state index is 15.0. The van der Waals surface area contributed by atoms with Crippen molar-refractivity contribution in [2.45, 2.75) is 38.0 Å². The minimum atomic E-state index is -3.34. The Hall–Kier alpha value is -2.72. The Morgan fingerprint density at radius 1 is 1.33 bits per heavy atom. The quantitative estimate of drug-likeness (QED) is 0.565. The van der Waals surface area contributed by atoms with E-state index in [1.165, 1.54) is 17.2 Å². The molecule has 158 valence electrons. The Balaban J connectivity index is 1.63. The summed E-state index contributed by atoms with van der Waals surface area (Å²) in [5, 5.41) is 2.68. The Bertz CT molecular complexity index is 1080. The highest BCUT2D eigenvalue weighted by Gasteiger charge is 2.47. The lowest BCUT2D eigenvalue weighted by atomic mass is 10.1. The van der Waals surface area contributed by atoms with Gasteiger partial charge in [0.1, 0.15) is 12.4 Å². The van der Waals surface area contributed by atoms with Crippen molar-refractivity contribution in [2.24, 2.45) is 0 Å². The fraction of sp³-hybridized carbons (Fsp3) is 0.333. The number of nitrogens with zero attached hydrogens (tertiary/aromatic N) is 4. The number of hydrogen-bond donors (Lipinski definition) is 2. The first-order valence-corrected chi connectivity index (χ1v) is 10.5. The first kappa shape index (κ1) is 20.5. The minimum absolute atomic E-state index is 0.168. The van der Waals surface area contributed by atoms with E-state index in [9.17, 15) is 9.36 Å². The SMILES string of the molecule is CCC1OC(n2cnc3c(NC(=O)c4ccccc4)ncnc32)C(F)C1O[PH](=O)O. The molecule has 0 aliphatic carbocycles. The summed E-state index contributed by atoms with van der Waals surface area (Å²) in [6.07, 6.45) is -1.83. The molecule has 30 heavy (non-hydrogen) atoms. The molecule has 3 heterocycles. The van der Waals surface area contributed by atoms with Crippen molar-refractivity contribution in [3.05, 3.63) is 48.5 Å². The molecule has 3 aromatic rings. The van der Waals surface area contributed by atoms with E-state index in [1.807, 2.05) is 0 Å². The van der Waals surface area contributed by atoms with E-state index in [1.54, 1.807) is 37.3 Å². The van der Waals surface area contributed by atoms with E-state index in [0.717, 1.165) is 0 Å². The first-order chi connectivity index (χ1) is 14.5. The van der Waals surface area contributed by atoms with Crippen LogP contribution in [0, 0.1) is 0 Å². The highest BCUT2D eigenvalue weighted by molar-refractivity contribution is 7.32. The molecule has 5 unspecified atom stereocenters. The van der Waals surface area contributed by atoms with Gasteiger partial charge in [0, 0.05) is 5.56 Å². The van der Waals surface area contributed by atoms with Crippen LogP contribution >= 0.6 is 8.25 Å². The number of rotatable bonds is 6. The number of anilines is 1. The van der Waals surface area contributed by atoms with E-state index in [-0.39, 0.29) is 22.9 Å². The monoisotopic (exact) mass is 435 g/mol. The van der Waals surface area contributed by atoms with Gasteiger partial charge in [0.2, 0.25) is 0 Å². The number of amides is 1. The molecule has 12 heteroatoms. The highest BCUT2D eigenvalue weighted by Crippen LogP contribution is 2.40. The van der Waals surface area contributed by atoms with Gasteiger partial charge in [0.15, 0.2) is 29.4 Å². The van der Waals surface area contributed by atoms with Crippen molar-refractivity contribution < 1.29 is 27.9 Å². The topological polar surface area (TPSA) is 128 Å². The van der Waals surface area contributed by atoms with Crippen LogP contribution in [0.15, 0.2) is 43.0 Å². The van der Waals surface area contributed by atoms with Gasteiger partial charge in [-0.3, -0.25) is 13.9 Å². The summed E-state index contributed by atoms with van der Waals surface area (Å²) in [5.41, 5.74) is 0.940. The molecule has 1 amide bonds. The zero-order valence-corrected chi connectivity index (χ0v) is 16.8. The van der Waals surface area contributed by atoms with E-state index in [4.69, 9.17) is 14.2 Å². The number of ether oxygens (including phenoxy) is 1. The molecule has 0 spiro atoms. The van der Waals surface area contributed by atoms with Crippen molar-refractivity contribution in [3.63, 3.8) is 0 Å². The van der Waals surface area contributed by atoms with E-state index in [2.05, 4.69) is 20.3 Å². The van der Waals surface area contributed by atoms with Gasteiger partial charge in [-0.05, 0) is 18.6 Å². The number of nitrogens with one attached hydrogen (secondary N) is 1. The highest BCUT2D eigenvalue weighted by atomic mass is 31.1. The maximum Gasteiger partial charge on any atom is 0.317 e. The number of benzene rings is 1. The Morgan fingerprint density at radius 3 is 2.80 bits per heavy atom. The van der Waals surface area contributed by atoms with Crippen molar-refractivity contribution in [1.82, 2.24) is 19.5 Å². The average Bonchev–Trinajstić information content (AvgIpc) is 3.30. The number of fused-ring (bicyclic) bond motifs is 1. The minimum Gasteiger partial charge on any atom is -0.349 e. The van der Waals surface area contributed by atoms with Gasteiger partial charge in [-0.1, -0.05) is 25.1 Å². The molecule has 4 rings (SSSR count). The Kier molecular flexibility index (Phi) is 5.87. The van der Waals surface area contributed by atoms with Gasteiger partial charge >= 0.3 is 8.25 Å². The van der Waals surface area contributed by atoms with Crippen LogP contribution in [0.2, 0.25) is 0 Å². The van der Waals surface area contributed by atoms with Crippen molar-refractivity contribution in [1.29, 1.82) is 0 Å². The van der Waals surface area contributed by atoms with Crippen LogP contribution in [0.5, 0.6) is 0 Å². The van der Waals surface area contributed by atoms with Gasteiger partial charge in [0.25, 0.3) is 5.91 Å². The standard InChI is InChI=1S/C18H19FN5O5P/c1-2-11-14(29-30(26)27)12(19)18(28-11)24-9-22-13-15(20-8-21-16(13)24)23-17(25)10-6-4-3-5-7-10/h3-9,11-12,14,18,30H,2H2,1H3,(H,26,27)(H,20,21,23,25). The van der Waals surface area contributed by atoms with Crippen LogP contribution in [0.1, 0.15) is 29.9 Å². The lowest BCUT2D eigenvalue weighted by molar-refractivity contribution is -0.0222. The Labute approximate surface area is 171 Å². The van der Waals surface area contributed by atoms with Gasteiger partial charge in [-0.2, -0.15) is 0 Å². The second kappa shape index (κ2) is 8.57. The molecular formula is C18H19FN5O5P. The van der Waals surface area contributed by atoms with Crippen LogP contribution in [-0.4, -0.2) is 48.7 Å². The third kappa shape index (κ3) is 3.84. The largest absolute Gasteiger partial charge is 0.349 e. The predicted octanol–water partition coefficient (Wildman–Crippen LogP) is 2.49. The number of carbonyl (C=O) groups excluding carboxylic acids is 1. The third-order valence-corrected chi connectivity index (χ3v) is 5.28. The molecule has 0 saturated carbocycles. The van der Waals surface area contributed by atoms with Crippen molar-refractivity contribution >= 4 is 31.1 Å². The summed E-state index contributed by atoms with van der Waals surface area (Å²) in [6.45, 7) is 1.76. The lowest BCUT2D eigenvalue weighted by Gasteiger charge is -2.16. The molecule has 0 bridgehead atoms. The number of hydrogen-bond acceptors (Lipinski definition) is 7. The smallest absolute Gasteiger partial charge is 0.317 e. The number of aromatic nitrogens is 4. The molecule has 5 atom stereocenters. The predicted molar refractivity (Wildman–Crippen MR) is 105 cm³/mol. The molecule has 1 fully saturated rings. The fourth-order valence-electron chi connectivity index (χ4n) is 3.40. The normalized spacial score (nSPS) is 24.8. The number of halogens is 1. The fourth-order valence-corrected chi connectivity index (χ4v) is 3.92. The summed E-state index contributed by atoms with van der Waals surface area (Å²) >= 11 is 0. The van der Waals surface area contributed by atoms with Crippen molar-refractivity contribution in [3.8, 4) is 0 Å². The second-order valence-corrected chi connectivity index (χ2v) is 7.40. The molecule has 2 N–H and O–H groups in total. The van der Waals surface area contributed by atoms with Crippen molar-refractivity contribution in [2.75, 3.05) is 5.32 Å². The first-order valence-electron chi connectivity index (χ1n) is 9.22. The number of alkyl halides is 1.